The van der Waals surface area contributed by atoms with Crippen molar-refractivity contribution in [2.24, 2.45) is 10.9 Å². The molecule has 2 heterocycles. The van der Waals surface area contributed by atoms with Crippen LogP contribution in [0.1, 0.15) is 45.4 Å². The van der Waals surface area contributed by atoms with Crippen LogP contribution in [0.15, 0.2) is 4.99 Å². The molecule has 1 saturated carbocycles. The van der Waals surface area contributed by atoms with Crippen LogP contribution in [0.4, 0.5) is 4.79 Å². The van der Waals surface area contributed by atoms with Gasteiger partial charge in [-0.05, 0) is 38.5 Å². The number of carbonyl (C=O) groups is 2. The number of piperidine rings is 1. The Labute approximate surface area is 148 Å². The Bertz CT molecular complexity index is 565. The number of urea groups is 1. The van der Waals surface area contributed by atoms with Gasteiger partial charge in [0.2, 0.25) is 0 Å². The number of carbonyl (C=O) groups excluding carboxylic acids is 2. The van der Waals surface area contributed by atoms with Crippen molar-refractivity contribution in [3.63, 3.8) is 0 Å². The normalized spacial score (nSPS) is 30.4. The van der Waals surface area contributed by atoms with Gasteiger partial charge in [0.1, 0.15) is 5.54 Å². The van der Waals surface area contributed by atoms with Gasteiger partial charge in [-0.1, -0.05) is 12.8 Å². The molecule has 0 aromatic carbocycles. The second kappa shape index (κ2) is 6.82. The van der Waals surface area contributed by atoms with Crippen LogP contribution in [0.5, 0.6) is 0 Å². The van der Waals surface area contributed by atoms with Gasteiger partial charge in [0, 0.05) is 26.7 Å². The Balaban J connectivity index is 1.54. The molecule has 2 saturated heterocycles. The lowest BCUT2D eigenvalue weighted by molar-refractivity contribution is -0.125. The number of hydrogen-bond acceptors (Lipinski definition) is 4. The van der Waals surface area contributed by atoms with Crippen LogP contribution in [0.3, 0.4) is 0 Å². The summed E-state index contributed by atoms with van der Waals surface area (Å²) in [5.74, 6) is 0.665. The first-order chi connectivity index (χ1) is 11.9. The Morgan fingerprint density at radius 3 is 2.48 bits per heavy atom. The van der Waals surface area contributed by atoms with E-state index in [9.17, 15) is 14.7 Å². The smallest absolute Gasteiger partial charge is 0.322 e. The maximum absolute atomic E-state index is 12.1. The number of rotatable bonds is 3. The van der Waals surface area contributed by atoms with E-state index < -0.39 is 17.2 Å². The highest BCUT2D eigenvalue weighted by Crippen LogP contribution is 2.31. The van der Waals surface area contributed by atoms with Crippen LogP contribution in [0.2, 0.25) is 0 Å². The molecule has 8 nitrogen and oxygen atoms in total. The molecule has 1 atom stereocenters. The molecule has 0 aromatic heterocycles. The molecule has 1 aliphatic carbocycles. The van der Waals surface area contributed by atoms with Crippen molar-refractivity contribution in [2.75, 3.05) is 26.7 Å². The summed E-state index contributed by atoms with van der Waals surface area (Å²) in [7, 11) is 1.75. The first-order valence-electron chi connectivity index (χ1n) is 9.18. The fourth-order valence-corrected chi connectivity index (χ4v) is 4.30. The molecule has 3 fully saturated rings. The number of aliphatic imine (C=N–C) groups is 1. The third-order valence-electron chi connectivity index (χ3n) is 6.00. The molecule has 2 aliphatic heterocycles. The molecule has 3 rings (SSSR count). The van der Waals surface area contributed by atoms with E-state index in [1.54, 1.807) is 14.0 Å². The standard InChI is InChI=1S/C17H29N5O3/c1-16(13(23)20-15(24)21-16)12-5-9-22(10-6-12)14(18-2)19-11-17(25)7-3-4-8-17/h12,25H,3-11H2,1-2H3,(H,18,19)(H2,20,21,23,24). The van der Waals surface area contributed by atoms with Crippen molar-refractivity contribution >= 4 is 17.9 Å². The molecule has 25 heavy (non-hydrogen) atoms. The summed E-state index contributed by atoms with van der Waals surface area (Å²) in [6.07, 6.45) is 5.44. The van der Waals surface area contributed by atoms with Gasteiger partial charge in [0.05, 0.1) is 5.60 Å². The number of hydrogen-bond donors (Lipinski definition) is 4. The van der Waals surface area contributed by atoms with E-state index in [1.807, 2.05) is 0 Å². The highest BCUT2D eigenvalue weighted by Gasteiger charge is 2.48. The Morgan fingerprint density at radius 1 is 1.32 bits per heavy atom. The second-order valence-corrected chi connectivity index (χ2v) is 7.70. The fourth-order valence-electron chi connectivity index (χ4n) is 4.30. The summed E-state index contributed by atoms with van der Waals surface area (Å²) in [5, 5.41) is 18.9. The zero-order valence-electron chi connectivity index (χ0n) is 15.1. The molecule has 140 valence electrons. The number of aliphatic hydroxyl groups is 1. The quantitative estimate of drug-likeness (QED) is 0.330. The van der Waals surface area contributed by atoms with Crippen LogP contribution in [0.25, 0.3) is 0 Å². The van der Waals surface area contributed by atoms with E-state index in [0.717, 1.165) is 57.6 Å². The number of guanidine groups is 1. The van der Waals surface area contributed by atoms with Crippen molar-refractivity contribution in [3.05, 3.63) is 0 Å². The molecular formula is C17H29N5O3. The molecule has 0 bridgehead atoms. The molecule has 3 aliphatic rings. The molecule has 0 radical (unpaired) electrons. The lowest BCUT2D eigenvalue weighted by Gasteiger charge is -2.40. The topological polar surface area (TPSA) is 106 Å². The maximum Gasteiger partial charge on any atom is 0.322 e. The number of nitrogens with zero attached hydrogens (tertiary/aromatic N) is 2. The molecule has 3 amide bonds. The zero-order chi connectivity index (χ0) is 18.1. The summed E-state index contributed by atoms with van der Waals surface area (Å²) < 4.78 is 0. The minimum absolute atomic E-state index is 0.104. The summed E-state index contributed by atoms with van der Waals surface area (Å²) in [5.41, 5.74) is -1.44. The predicted octanol–water partition coefficient (Wildman–Crippen LogP) is 0.177. The lowest BCUT2D eigenvalue weighted by Crippen LogP contribution is -2.56. The number of imide groups is 1. The first-order valence-corrected chi connectivity index (χ1v) is 9.18. The van der Waals surface area contributed by atoms with Crippen LogP contribution < -0.4 is 16.0 Å². The van der Waals surface area contributed by atoms with Gasteiger partial charge in [0.25, 0.3) is 5.91 Å². The Hall–Kier alpha value is -1.83. The van der Waals surface area contributed by atoms with E-state index in [4.69, 9.17) is 0 Å². The van der Waals surface area contributed by atoms with Gasteiger partial charge in [0.15, 0.2) is 5.96 Å². The third-order valence-corrected chi connectivity index (χ3v) is 6.00. The second-order valence-electron chi connectivity index (χ2n) is 7.70. The minimum Gasteiger partial charge on any atom is -0.388 e. The van der Waals surface area contributed by atoms with Crippen molar-refractivity contribution in [2.45, 2.75) is 56.6 Å². The zero-order valence-corrected chi connectivity index (χ0v) is 15.1. The first kappa shape index (κ1) is 18.0. The fraction of sp³-hybridized carbons (Fsp3) is 0.824. The van der Waals surface area contributed by atoms with Crippen LogP contribution >= 0.6 is 0 Å². The van der Waals surface area contributed by atoms with Crippen LogP contribution in [0, 0.1) is 5.92 Å². The number of likely N-dealkylation sites (tertiary alicyclic amines) is 1. The largest absolute Gasteiger partial charge is 0.388 e. The molecular weight excluding hydrogens is 322 g/mol. The van der Waals surface area contributed by atoms with E-state index in [-0.39, 0.29) is 11.8 Å². The van der Waals surface area contributed by atoms with Gasteiger partial charge in [-0.15, -0.1) is 0 Å². The third kappa shape index (κ3) is 3.58. The predicted molar refractivity (Wildman–Crippen MR) is 94.2 cm³/mol. The maximum atomic E-state index is 12.1. The van der Waals surface area contributed by atoms with Gasteiger partial charge in [-0.2, -0.15) is 0 Å². The average molecular weight is 351 g/mol. The van der Waals surface area contributed by atoms with Crippen molar-refractivity contribution in [3.8, 4) is 0 Å². The van der Waals surface area contributed by atoms with Gasteiger partial charge in [-0.25, -0.2) is 4.79 Å². The minimum atomic E-state index is -0.820. The molecule has 0 aromatic rings. The highest BCUT2D eigenvalue weighted by molar-refractivity contribution is 6.07. The summed E-state index contributed by atoms with van der Waals surface area (Å²) in [6.45, 7) is 3.86. The van der Waals surface area contributed by atoms with E-state index >= 15 is 0 Å². The average Bonchev–Trinajstić information content (AvgIpc) is 3.13. The van der Waals surface area contributed by atoms with E-state index in [1.165, 1.54) is 0 Å². The molecule has 1 unspecified atom stereocenters. The van der Waals surface area contributed by atoms with E-state index in [2.05, 4.69) is 25.8 Å². The van der Waals surface area contributed by atoms with Gasteiger partial charge >= 0.3 is 6.03 Å². The summed E-state index contributed by atoms with van der Waals surface area (Å²) in [6, 6.07) is -0.405. The van der Waals surface area contributed by atoms with Crippen molar-refractivity contribution < 1.29 is 14.7 Å². The van der Waals surface area contributed by atoms with Crippen molar-refractivity contribution in [1.82, 2.24) is 20.9 Å². The van der Waals surface area contributed by atoms with Crippen molar-refractivity contribution in [1.29, 1.82) is 0 Å². The highest BCUT2D eigenvalue weighted by atomic mass is 16.3. The van der Waals surface area contributed by atoms with Gasteiger partial charge < -0.3 is 20.6 Å². The Kier molecular flexibility index (Phi) is 4.90. The van der Waals surface area contributed by atoms with Crippen LogP contribution in [-0.4, -0.2) is 65.7 Å². The lowest BCUT2D eigenvalue weighted by atomic mass is 9.79. The number of amides is 3. The summed E-state index contributed by atoms with van der Waals surface area (Å²) in [4.78, 5) is 30.1. The molecule has 0 spiro atoms. The molecule has 8 heteroatoms. The van der Waals surface area contributed by atoms with Gasteiger partial charge in [-0.3, -0.25) is 15.1 Å². The monoisotopic (exact) mass is 351 g/mol. The summed E-state index contributed by atoms with van der Waals surface area (Å²) >= 11 is 0. The van der Waals surface area contributed by atoms with E-state index in [0.29, 0.717) is 6.54 Å². The Morgan fingerprint density at radius 2 is 1.96 bits per heavy atom. The number of nitrogens with one attached hydrogen (secondary N) is 3. The SMILES string of the molecule is CN=C(NCC1(O)CCCC1)N1CCC(C2(C)NC(=O)NC2=O)CC1. The molecule has 4 N–H and O–H groups in total. The van der Waals surface area contributed by atoms with Crippen LogP contribution in [-0.2, 0) is 4.79 Å².